The van der Waals surface area contributed by atoms with Crippen LogP contribution in [0.25, 0.3) is 38.6 Å². The van der Waals surface area contributed by atoms with E-state index in [0.717, 1.165) is 0 Å². The zero-order chi connectivity index (χ0) is 25.8. The molecule has 3 heteroatoms. The van der Waals surface area contributed by atoms with Crippen LogP contribution in [0.4, 0.5) is 17.1 Å². The Morgan fingerprint density at radius 3 is 1.87 bits per heavy atom. The third kappa shape index (κ3) is 3.58. The van der Waals surface area contributed by atoms with Crippen LogP contribution in [0.1, 0.15) is 0 Å². The van der Waals surface area contributed by atoms with E-state index in [1.807, 2.05) is 11.8 Å². The Morgan fingerprint density at radius 1 is 0.410 bits per heavy atom. The third-order valence-electron chi connectivity index (χ3n) is 7.56. The number of hydrogen-bond acceptors (Lipinski definition) is 2. The van der Waals surface area contributed by atoms with Crippen LogP contribution >= 0.6 is 11.8 Å². The topological polar surface area (TPSA) is 8.17 Å². The van der Waals surface area contributed by atoms with E-state index in [9.17, 15) is 0 Å². The molecule has 39 heavy (non-hydrogen) atoms. The molecular formula is C36H24N2S. The van der Waals surface area contributed by atoms with Crippen LogP contribution in [-0.4, -0.2) is 4.57 Å². The summed E-state index contributed by atoms with van der Waals surface area (Å²) in [5.74, 6) is 0. The van der Waals surface area contributed by atoms with Gasteiger partial charge in [0.1, 0.15) is 0 Å². The second kappa shape index (κ2) is 8.93. The van der Waals surface area contributed by atoms with Crippen molar-refractivity contribution >= 4 is 50.6 Å². The highest BCUT2D eigenvalue weighted by Crippen LogP contribution is 2.52. The summed E-state index contributed by atoms with van der Waals surface area (Å²) >= 11 is 1.85. The molecule has 0 amide bonds. The summed E-state index contributed by atoms with van der Waals surface area (Å²) in [6.45, 7) is 0. The lowest BCUT2D eigenvalue weighted by molar-refractivity contribution is 1.17. The van der Waals surface area contributed by atoms with Gasteiger partial charge >= 0.3 is 0 Å². The van der Waals surface area contributed by atoms with Crippen molar-refractivity contribution in [1.82, 2.24) is 4.57 Å². The van der Waals surface area contributed by atoms with Crippen molar-refractivity contribution < 1.29 is 0 Å². The van der Waals surface area contributed by atoms with Crippen molar-refractivity contribution in [2.75, 3.05) is 4.90 Å². The van der Waals surface area contributed by atoms with Gasteiger partial charge in [-0.3, -0.25) is 0 Å². The second-order valence-corrected chi connectivity index (χ2v) is 10.9. The van der Waals surface area contributed by atoms with Crippen molar-refractivity contribution in [3.63, 3.8) is 0 Å². The zero-order valence-corrected chi connectivity index (χ0v) is 22.0. The van der Waals surface area contributed by atoms with Crippen LogP contribution in [0, 0.1) is 0 Å². The molecule has 6 aromatic carbocycles. The number of hydrogen-bond donors (Lipinski definition) is 0. The van der Waals surface area contributed by atoms with E-state index >= 15 is 0 Å². The number of nitrogens with zero attached hydrogens (tertiary/aromatic N) is 2. The van der Waals surface area contributed by atoms with Gasteiger partial charge in [-0.15, -0.1) is 0 Å². The fourth-order valence-electron chi connectivity index (χ4n) is 5.80. The molecule has 1 aliphatic heterocycles. The van der Waals surface area contributed by atoms with E-state index in [0.29, 0.717) is 0 Å². The fourth-order valence-corrected chi connectivity index (χ4v) is 6.90. The fraction of sp³-hybridized carbons (Fsp3) is 0. The monoisotopic (exact) mass is 516 g/mol. The first-order valence-electron chi connectivity index (χ1n) is 13.2. The van der Waals surface area contributed by atoms with E-state index in [4.69, 9.17) is 0 Å². The standard InChI is InChI=1S/C36H24N2S/c1-3-11-27(12-4-1)37-31-16-8-7-15-29(31)30-23-25(19-21-32(30)37)26-20-22-34-36(24-26)39-35-18-10-9-17-33(35)38(34)28-13-5-2-6-14-28/h1-24H. The molecule has 0 aliphatic carbocycles. The largest absolute Gasteiger partial charge is 0.309 e. The Balaban J connectivity index is 1.29. The highest BCUT2D eigenvalue weighted by atomic mass is 32.2. The summed E-state index contributed by atoms with van der Waals surface area (Å²) in [5, 5.41) is 2.54. The van der Waals surface area contributed by atoms with E-state index in [1.54, 1.807) is 0 Å². The molecule has 0 bridgehead atoms. The van der Waals surface area contributed by atoms with E-state index in [2.05, 4.69) is 155 Å². The van der Waals surface area contributed by atoms with Crippen molar-refractivity contribution in [2.24, 2.45) is 0 Å². The Labute approximate surface area is 231 Å². The van der Waals surface area contributed by atoms with Crippen molar-refractivity contribution in [3.05, 3.63) is 146 Å². The molecule has 0 fully saturated rings. The second-order valence-electron chi connectivity index (χ2n) is 9.84. The molecular weight excluding hydrogens is 492 g/mol. The van der Waals surface area contributed by atoms with Crippen LogP contribution in [0.15, 0.2) is 155 Å². The van der Waals surface area contributed by atoms with Gasteiger partial charge in [0, 0.05) is 31.9 Å². The molecule has 0 unspecified atom stereocenters. The molecule has 1 aromatic heterocycles. The molecule has 2 nitrogen and oxygen atoms in total. The summed E-state index contributed by atoms with van der Waals surface area (Å²) < 4.78 is 2.37. The molecule has 184 valence electrons. The molecule has 8 rings (SSSR count). The first kappa shape index (κ1) is 22.3. The summed E-state index contributed by atoms with van der Waals surface area (Å²) in [7, 11) is 0. The van der Waals surface area contributed by atoms with Gasteiger partial charge in [-0.25, -0.2) is 0 Å². The number of para-hydroxylation sites is 4. The Hall–Kier alpha value is -4.73. The maximum atomic E-state index is 2.38. The summed E-state index contributed by atoms with van der Waals surface area (Å²) in [6, 6.07) is 52.4. The van der Waals surface area contributed by atoms with Crippen molar-refractivity contribution in [3.8, 4) is 16.8 Å². The Bertz CT molecular complexity index is 1990. The van der Waals surface area contributed by atoms with Gasteiger partial charge in [-0.05, 0) is 77.9 Å². The van der Waals surface area contributed by atoms with Crippen LogP contribution in [0.5, 0.6) is 0 Å². The first-order chi connectivity index (χ1) is 19.3. The Kier molecular flexibility index (Phi) is 5.10. The van der Waals surface area contributed by atoms with Crippen LogP contribution in [0.2, 0.25) is 0 Å². The van der Waals surface area contributed by atoms with Crippen molar-refractivity contribution in [1.29, 1.82) is 0 Å². The number of fused-ring (bicyclic) bond motifs is 5. The maximum absolute atomic E-state index is 2.38. The molecule has 2 heterocycles. The van der Waals surface area contributed by atoms with Gasteiger partial charge < -0.3 is 9.47 Å². The number of anilines is 3. The molecule has 0 atom stereocenters. The average Bonchev–Trinajstić information content (AvgIpc) is 3.34. The minimum absolute atomic E-state index is 1.18. The number of benzene rings is 6. The molecule has 0 saturated heterocycles. The van der Waals surface area contributed by atoms with E-state index in [-0.39, 0.29) is 0 Å². The molecule has 1 aliphatic rings. The lowest BCUT2D eigenvalue weighted by atomic mass is 10.0. The van der Waals surface area contributed by atoms with Crippen LogP contribution in [-0.2, 0) is 0 Å². The Morgan fingerprint density at radius 2 is 1.03 bits per heavy atom. The van der Waals surface area contributed by atoms with Gasteiger partial charge in [0.2, 0.25) is 0 Å². The molecule has 0 saturated carbocycles. The molecule has 0 spiro atoms. The van der Waals surface area contributed by atoms with Crippen LogP contribution < -0.4 is 4.90 Å². The lowest BCUT2D eigenvalue weighted by Crippen LogP contribution is -2.14. The molecule has 0 radical (unpaired) electrons. The first-order valence-corrected chi connectivity index (χ1v) is 14.0. The van der Waals surface area contributed by atoms with Crippen LogP contribution in [0.3, 0.4) is 0 Å². The normalized spacial score (nSPS) is 12.5. The zero-order valence-electron chi connectivity index (χ0n) is 21.2. The molecule has 0 N–H and O–H groups in total. The van der Waals surface area contributed by atoms with Gasteiger partial charge in [-0.1, -0.05) is 90.6 Å². The summed E-state index contributed by atoms with van der Waals surface area (Å²) in [4.78, 5) is 4.91. The average molecular weight is 517 g/mol. The predicted octanol–water partition coefficient (Wildman–Crippen LogP) is 10.4. The quantitative estimate of drug-likeness (QED) is 0.231. The maximum Gasteiger partial charge on any atom is 0.0602 e. The smallest absolute Gasteiger partial charge is 0.0602 e. The third-order valence-corrected chi connectivity index (χ3v) is 8.67. The van der Waals surface area contributed by atoms with Gasteiger partial charge in [0.15, 0.2) is 0 Å². The molecule has 7 aromatic rings. The number of aromatic nitrogens is 1. The van der Waals surface area contributed by atoms with Gasteiger partial charge in [0.25, 0.3) is 0 Å². The lowest BCUT2D eigenvalue weighted by Gasteiger charge is -2.33. The minimum Gasteiger partial charge on any atom is -0.309 e. The minimum atomic E-state index is 1.18. The number of rotatable bonds is 3. The summed E-state index contributed by atoms with van der Waals surface area (Å²) in [6.07, 6.45) is 0. The van der Waals surface area contributed by atoms with Gasteiger partial charge in [-0.2, -0.15) is 0 Å². The van der Waals surface area contributed by atoms with Crippen molar-refractivity contribution in [2.45, 2.75) is 9.79 Å². The highest BCUT2D eigenvalue weighted by Gasteiger charge is 2.25. The highest BCUT2D eigenvalue weighted by molar-refractivity contribution is 7.99. The SMILES string of the molecule is c1ccc(N2c3ccccc3Sc3cc(-c4ccc5c(c4)c4ccccc4n5-c4ccccc4)ccc32)cc1. The predicted molar refractivity (Wildman–Crippen MR) is 165 cm³/mol. The summed E-state index contributed by atoms with van der Waals surface area (Å²) in [5.41, 5.74) is 9.71. The van der Waals surface area contributed by atoms with Gasteiger partial charge in [0.05, 0.1) is 22.4 Å². The van der Waals surface area contributed by atoms with E-state index < -0.39 is 0 Å². The van der Waals surface area contributed by atoms with E-state index in [1.165, 1.54) is 65.5 Å².